The van der Waals surface area contributed by atoms with Gasteiger partial charge in [-0.3, -0.25) is 5.10 Å². The molecule has 0 amide bonds. The van der Waals surface area contributed by atoms with Gasteiger partial charge in [-0.2, -0.15) is 5.10 Å². The zero-order chi connectivity index (χ0) is 10.1. The van der Waals surface area contributed by atoms with Gasteiger partial charge in [-0.25, -0.2) is 0 Å². The van der Waals surface area contributed by atoms with Crippen molar-refractivity contribution >= 4 is 39.1 Å². The van der Waals surface area contributed by atoms with Crippen molar-refractivity contribution in [2.75, 3.05) is 0 Å². The molecule has 14 heavy (non-hydrogen) atoms. The molecule has 0 bridgehead atoms. The van der Waals surface area contributed by atoms with E-state index in [2.05, 4.69) is 26.1 Å². The first kappa shape index (κ1) is 10.0. The lowest BCUT2D eigenvalue weighted by Crippen LogP contribution is -1.81. The third kappa shape index (κ3) is 1.80. The van der Waals surface area contributed by atoms with Crippen molar-refractivity contribution in [1.82, 2.24) is 10.2 Å². The molecule has 0 aliphatic carbocycles. The van der Waals surface area contributed by atoms with Gasteiger partial charge in [-0.05, 0) is 34.1 Å². The number of H-pyrrole nitrogens is 1. The number of benzene rings is 1. The van der Waals surface area contributed by atoms with Crippen molar-refractivity contribution in [3.05, 3.63) is 38.9 Å². The van der Waals surface area contributed by atoms with Crippen LogP contribution in [0, 0.1) is 0 Å². The van der Waals surface area contributed by atoms with Crippen LogP contribution in [-0.4, -0.2) is 10.2 Å². The van der Waals surface area contributed by atoms with Crippen LogP contribution >= 0.6 is 39.1 Å². The largest absolute Gasteiger partial charge is 0.277 e. The summed E-state index contributed by atoms with van der Waals surface area (Å²) in [7, 11) is 0. The molecule has 0 radical (unpaired) electrons. The lowest BCUT2D eigenvalue weighted by molar-refractivity contribution is 1.10. The monoisotopic (exact) mass is 290 g/mol. The second kappa shape index (κ2) is 3.93. The summed E-state index contributed by atoms with van der Waals surface area (Å²) in [6.45, 7) is 0. The van der Waals surface area contributed by atoms with Gasteiger partial charge in [0.15, 0.2) is 0 Å². The number of nitrogens with zero attached hydrogens (tertiary/aromatic N) is 1. The van der Waals surface area contributed by atoms with Crippen LogP contribution in [-0.2, 0) is 0 Å². The van der Waals surface area contributed by atoms with E-state index in [4.69, 9.17) is 23.2 Å². The van der Waals surface area contributed by atoms with E-state index < -0.39 is 0 Å². The van der Waals surface area contributed by atoms with E-state index in [-0.39, 0.29) is 0 Å². The standard InChI is InChI=1S/C9H5BrCl2N2/c10-7-4-13-14-9(7)6-2-1-5(11)3-8(6)12/h1-4H,(H,13,14). The SMILES string of the molecule is Clc1ccc(-c2[nH]ncc2Br)c(Cl)c1. The molecule has 1 N–H and O–H groups in total. The maximum absolute atomic E-state index is 6.04. The van der Waals surface area contributed by atoms with Crippen molar-refractivity contribution in [2.24, 2.45) is 0 Å². The quantitative estimate of drug-likeness (QED) is 0.840. The van der Waals surface area contributed by atoms with Crippen molar-refractivity contribution < 1.29 is 0 Å². The molecule has 0 fully saturated rings. The summed E-state index contributed by atoms with van der Waals surface area (Å²) < 4.78 is 0.877. The molecule has 0 spiro atoms. The lowest BCUT2D eigenvalue weighted by atomic mass is 10.1. The predicted octanol–water partition coefficient (Wildman–Crippen LogP) is 4.15. The number of aromatic amines is 1. The van der Waals surface area contributed by atoms with Gasteiger partial charge in [0, 0.05) is 10.6 Å². The number of aromatic nitrogens is 2. The Hall–Kier alpha value is -0.510. The highest BCUT2D eigenvalue weighted by molar-refractivity contribution is 9.10. The van der Waals surface area contributed by atoms with Crippen LogP contribution in [0.2, 0.25) is 10.0 Å². The second-order valence-electron chi connectivity index (χ2n) is 2.72. The van der Waals surface area contributed by atoms with Gasteiger partial charge in [-0.15, -0.1) is 0 Å². The molecule has 1 heterocycles. The number of rotatable bonds is 1. The Balaban J connectivity index is 2.58. The Bertz CT molecular complexity index is 468. The average Bonchev–Trinajstić information content (AvgIpc) is 2.52. The van der Waals surface area contributed by atoms with E-state index in [9.17, 15) is 0 Å². The molecule has 72 valence electrons. The van der Waals surface area contributed by atoms with E-state index in [1.165, 1.54) is 0 Å². The highest BCUT2D eigenvalue weighted by atomic mass is 79.9. The zero-order valence-electron chi connectivity index (χ0n) is 6.89. The summed E-state index contributed by atoms with van der Waals surface area (Å²) in [5, 5.41) is 7.98. The van der Waals surface area contributed by atoms with Gasteiger partial charge in [0.2, 0.25) is 0 Å². The molecule has 1 aromatic carbocycles. The predicted molar refractivity (Wildman–Crippen MR) is 61.7 cm³/mol. The van der Waals surface area contributed by atoms with Crippen LogP contribution in [0.1, 0.15) is 0 Å². The first-order chi connectivity index (χ1) is 6.68. The molecule has 0 saturated heterocycles. The molecule has 0 atom stereocenters. The number of hydrogen-bond donors (Lipinski definition) is 1. The Labute approximate surface area is 99.4 Å². The molecule has 0 saturated carbocycles. The minimum absolute atomic E-state index is 0.599. The van der Waals surface area contributed by atoms with Gasteiger partial charge < -0.3 is 0 Å². The molecule has 5 heteroatoms. The highest BCUT2D eigenvalue weighted by Crippen LogP contribution is 2.32. The summed E-state index contributed by atoms with van der Waals surface area (Å²) in [6, 6.07) is 5.34. The minimum atomic E-state index is 0.599. The maximum atomic E-state index is 6.04. The molecule has 2 nitrogen and oxygen atoms in total. The average molecular weight is 292 g/mol. The van der Waals surface area contributed by atoms with E-state index in [1.807, 2.05) is 6.07 Å². The fourth-order valence-electron chi connectivity index (χ4n) is 1.15. The molecule has 0 unspecified atom stereocenters. The van der Waals surface area contributed by atoms with Gasteiger partial charge in [0.25, 0.3) is 0 Å². The van der Waals surface area contributed by atoms with Gasteiger partial charge in [0.05, 0.1) is 21.4 Å². The van der Waals surface area contributed by atoms with E-state index in [1.54, 1.807) is 18.3 Å². The van der Waals surface area contributed by atoms with Crippen LogP contribution < -0.4 is 0 Å². The zero-order valence-corrected chi connectivity index (χ0v) is 9.99. The van der Waals surface area contributed by atoms with E-state index >= 15 is 0 Å². The maximum Gasteiger partial charge on any atom is 0.0807 e. The molecule has 1 aromatic heterocycles. The van der Waals surface area contributed by atoms with Crippen molar-refractivity contribution in [1.29, 1.82) is 0 Å². The van der Waals surface area contributed by atoms with Gasteiger partial charge in [0.1, 0.15) is 0 Å². The Kier molecular flexibility index (Phi) is 2.81. The lowest BCUT2D eigenvalue weighted by Gasteiger charge is -2.02. The van der Waals surface area contributed by atoms with Gasteiger partial charge >= 0.3 is 0 Å². The number of nitrogens with one attached hydrogen (secondary N) is 1. The molecular weight excluding hydrogens is 287 g/mol. The summed E-state index contributed by atoms with van der Waals surface area (Å²) in [5.74, 6) is 0. The number of hydrogen-bond acceptors (Lipinski definition) is 1. The Morgan fingerprint density at radius 3 is 2.64 bits per heavy atom. The van der Waals surface area contributed by atoms with Crippen LogP contribution in [0.3, 0.4) is 0 Å². The van der Waals surface area contributed by atoms with E-state index in [0.29, 0.717) is 10.0 Å². The first-order valence-corrected chi connectivity index (χ1v) is 5.37. The summed E-state index contributed by atoms with van der Waals surface area (Å²) in [5.41, 5.74) is 1.73. The van der Waals surface area contributed by atoms with Crippen molar-refractivity contribution in [2.45, 2.75) is 0 Å². The number of halogens is 3. The summed E-state index contributed by atoms with van der Waals surface area (Å²) >= 11 is 15.2. The Morgan fingerprint density at radius 1 is 1.29 bits per heavy atom. The first-order valence-electron chi connectivity index (χ1n) is 3.83. The minimum Gasteiger partial charge on any atom is -0.277 e. The van der Waals surface area contributed by atoms with Crippen molar-refractivity contribution in [3.63, 3.8) is 0 Å². The molecule has 2 rings (SSSR count). The van der Waals surface area contributed by atoms with Crippen LogP contribution in [0.15, 0.2) is 28.9 Å². The molecule has 0 aliphatic heterocycles. The van der Waals surface area contributed by atoms with E-state index in [0.717, 1.165) is 15.7 Å². The third-order valence-electron chi connectivity index (χ3n) is 1.79. The third-order valence-corrected chi connectivity index (χ3v) is 2.94. The molecule has 2 aromatic rings. The summed E-state index contributed by atoms with van der Waals surface area (Å²) in [6.07, 6.45) is 1.68. The fourth-order valence-corrected chi connectivity index (χ4v) is 2.06. The smallest absolute Gasteiger partial charge is 0.0807 e. The van der Waals surface area contributed by atoms with Crippen molar-refractivity contribution in [3.8, 4) is 11.3 Å². The summed E-state index contributed by atoms with van der Waals surface area (Å²) in [4.78, 5) is 0. The fraction of sp³-hybridized carbons (Fsp3) is 0. The van der Waals surface area contributed by atoms with Crippen LogP contribution in [0.25, 0.3) is 11.3 Å². The second-order valence-corrected chi connectivity index (χ2v) is 4.42. The van der Waals surface area contributed by atoms with Crippen LogP contribution in [0.5, 0.6) is 0 Å². The van der Waals surface area contributed by atoms with Gasteiger partial charge in [-0.1, -0.05) is 23.2 Å². The topological polar surface area (TPSA) is 28.7 Å². The Morgan fingerprint density at radius 2 is 2.07 bits per heavy atom. The normalized spacial score (nSPS) is 10.5. The van der Waals surface area contributed by atoms with Crippen LogP contribution in [0.4, 0.5) is 0 Å². The highest BCUT2D eigenvalue weighted by Gasteiger charge is 2.09. The molecule has 0 aliphatic rings. The molecular formula is C9H5BrCl2N2.